The Balaban J connectivity index is 2.31. The molecule has 0 fully saturated rings. The van der Waals surface area contributed by atoms with E-state index >= 15 is 0 Å². The van der Waals surface area contributed by atoms with Gasteiger partial charge in [-0.1, -0.05) is 6.07 Å². The molecule has 0 aliphatic carbocycles. The Labute approximate surface area is 115 Å². The van der Waals surface area contributed by atoms with Gasteiger partial charge in [0, 0.05) is 0 Å². The number of rotatable bonds is 2. The summed E-state index contributed by atoms with van der Waals surface area (Å²) >= 11 is 0. The Morgan fingerprint density at radius 2 is 2.05 bits per heavy atom. The summed E-state index contributed by atoms with van der Waals surface area (Å²) in [4.78, 5) is 12.0. The van der Waals surface area contributed by atoms with Crippen LogP contribution in [0.15, 0.2) is 36.4 Å². The fourth-order valence-corrected chi connectivity index (χ4v) is 1.74. The first-order valence-corrected chi connectivity index (χ1v) is 5.82. The smallest absolute Gasteiger partial charge is 0.259 e. The molecule has 2 aromatic rings. The number of nitrogens with zero attached hydrogens (tertiary/aromatic N) is 1. The molecule has 2 rings (SSSR count). The van der Waals surface area contributed by atoms with E-state index in [1.807, 2.05) is 0 Å². The summed E-state index contributed by atoms with van der Waals surface area (Å²) in [5.41, 5.74) is 1.12. The van der Waals surface area contributed by atoms with Gasteiger partial charge in [0.25, 0.3) is 5.91 Å². The maximum absolute atomic E-state index is 13.0. The van der Waals surface area contributed by atoms with Gasteiger partial charge in [-0.15, -0.1) is 0 Å². The summed E-state index contributed by atoms with van der Waals surface area (Å²) in [6.45, 7) is 1.79. The van der Waals surface area contributed by atoms with Crippen LogP contribution in [-0.4, -0.2) is 11.0 Å². The largest absolute Gasteiger partial charge is 0.507 e. The van der Waals surface area contributed by atoms with Crippen LogP contribution in [-0.2, 0) is 0 Å². The first kappa shape index (κ1) is 13.6. The van der Waals surface area contributed by atoms with Gasteiger partial charge in [-0.3, -0.25) is 4.79 Å². The first-order valence-electron chi connectivity index (χ1n) is 5.82. The predicted octanol–water partition coefficient (Wildman–Crippen LogP) is 2.96. The van der Waals surface area contributed by atoms with Gasteiger partial charge in [0.05, 0.1) is 16.8 Å². The number of hydrogen-bond acceptors (Lipinski definition) is 3. The second kappa shape index (κ2) is 5.41. The molecule has 100 valence electrons. The molecule has 0 unspecified atom stereocenters. The monoisotopic (exact) mass is 270 g/mol. The number of phenols is 1. The zero-order chi connectivity index (χ0) is 14.7. The van der Waals surface area contributed by atoms with Crippen LogP contribution >= 0.6 is 0 Å². The Morgan fingerprint density at radius 1 is 1.30 bits per heavy atom. The maximum Gasteiger partial charge on any atom is 0.259 e. The lowest BCUT2D eigenvalue weighted by Crippen LogP contribution is -2.13. The number of aromatic hydroxyl groups is 1. The standard InChI is InChI=1S/C15H11FN2O2/c1-9-2-4-12(14(19)6-9)15(20)18-13-5-3-11(16)7-10(13)8-17/h2-7,19H,1H3,(H,18,20). The van der Waals surface area contributed by atoms with Gasteiger partial charge in [-0.25, -0.2) is 4.39 Å². The number of phenolic OH excluding ortho intramolecular Hbond substituents is 1. The van der Waals surface area contributed by atoms with Crippen molar-refractivity contribution >= 4 is 11.6 Å². The average Bonchev–Trinajstić information content (AvgIpc) is 2.40. The van der Waals surface area contributed by atoms with E-state index in [1.165, 1.54) is 18.2 Å². The topological polar surface area (TPSA) is 73.1 Å². The van der Waals surface area contributed by atoms with Crippen LogP contribution in [0, 0.1) is 24.1 Å². The summed E-state index contributed by atoms with van der Waals surface area (Å²) in [6, 6.07) is 9.91. The zero-order valence-electron chi connectivity index (χ0n) is 10.6. The molecule has 1 amide bonds. The van der Waals surface area contributed by atoms with Crippen molar-refractivity contribution in [2.75, 3.05) is 5.32 Å². The lowest BCUT2D eigenvalue weighted by molar-refractivity contribution is 0.102. The fourth-order valence-electron chi connectivity index (χ4n) is 1.74. The molecule has 0 saturated carbocycles. The van der Waals surface area contributed by atoms with Gasteiger partial charge in [0.2, 0.25) is 0 Å². The molecule has 2 aromatic carbocycles. The Morgan fingerprint density at radius 3 is 2.70 bits per heavy atom. The van der Waals surface area contributed by atoms with Gasteiger partial charge in [0.1, 0.15) is 17.6 Å². The minimum Gasteiger partial charge on any atom is -0.507 e. The molecule has 0 spiro atoms. The minimum absolute atomic E-state index is 0.0185. The molecule has 4 nitrogen and oxygen atoms in total. The third-order valence-electron chi connectivity index (χ3n) is 2.75. The van der Waals surface area contributed by atoms with Gasteiger partial charge in [-0.05, 0) is 42.8 Å². The number of hydrogen-bond donors (Lipinski definition) is 2. The molecule has 0 aliphatic rings. The molecule has 2 N–H and O–H groups in total. The second-order valence-electron chi connectivity index (χ2n) is 4.28. The van der Waals surface area contributed by atoms with Crippen molar-refractivity contribution in [1.82, 2.24) is 0 Å². The second-order valence-corrected chi connectivity index (χ2v) is 4.28. The molecule has 0 aliphatic heterocycles. The molecule has 5 heteroatoms. The molecule has 0 heterocycles. The van der Waals surface area contributed by atoms with E-state index in [4.69, 9.17) is 5.26 Å². The zero-order valence-corrected chi connectivity index (χ0v) is 10.6. The first-order chi connectivity index (χ1) is 9.51. The number of halogens is 1. The predicted molar refractivity (Wildman–Crippen MR) is 71.9 cm³/mol. The van der Waals surface area contributed by atoms with Crippen LogP contribution in [0.2, 0.25) is 0 Å². The van der Waals surface area contributed by atoms with Crippen molar-refractivity contribution < 1.29 is 14.3 Å². The van der Waals surface area contributed by atoms with E-state index in [0.29, 0.717) is 0 Å². The summed E-state index contributed by atoms with van der Waals surface area (Å²) in [5.74, 6) is -1.27. The molecule has 0 bridgehead atoms. The van der Waals surface area contributed by atoms with Crippen LogP contribution in [0.5, 0.6) is 5.75 Å². The minimum atomic E-state index is -0.564. The van der Waals surface area contributed by atoms with Crippen LogP contribution in [0.1, 0.15) is 21.5 Å². The summed E-state index contributed by atoms with van der Waals surface area (Å²) < 4.78 is 13.0. The summed E-state index contributed by atoms with van der Waals surface area (Å²) in [7, 11) is 0. The summed E-state index contributed by atoms with van der Waals surface area (Å²) in [6.07, 6.45) is 0. The number of anilines is 1. The molecular formula is C15H11FN2O2. The lowest BCUT2D eigenvalue weighted by atomic mass is 10.1. The normalized spacial score (nSPS) is 9.85. The van der Waals surface area contributed by atoms with Gasteiger partial charge in [-0.2, -0.15) is 5.26 Å². The molecular weight excluding hydrogens is 259 g/mol. The van der Waals surface area contributed by atoms with E-state index in [0.717, 1.165) is 17.7 Å². The van der Waals surface area contributed by atoms with Gasteiger partial charge in [0.15, 0.2) is 0 Å². The van der Waals surface area contributed by atoms with Crippen molar-refractivity contribution in [1.29, 1.82) is 5.26 Å². The van der Waals surface area contributed by atoms with Crippen LogP contribution in [0.25, 0.3) is 0 Å². The molecule has 0 saturated heterocycles. The van der Waals surface area contributed by atoms with E-state index in [9.17, 15) is 14.3 Å². The van der Waals surface area contributed by atoms with E-state index in [1.54, 1.807) is 19.1 Å². The van der Waals surface area contributed by atoms with Crippen LogP contribution < -0.4 is 5.32 Å². The van der Waals surface area contributed by atoms with Crippen molar-refractivity contribution in [3.05, 3.63) is 58.9 Å². The molecule has 0 radical (unpaired) electrons. The highest BCUT2D eigenvalue weighted by molar-refractivity contribution is 6.06. The van der Waals surface area contributed by atoms with Crippen LogP contribution in [0.3, 0.4) is 0 Å². The molecule has 20 heavy (non-hydrogen) atoms. The molecule has 0 aromatic heterocycles. The highest BCUT2D eigenvalue weighted by atomic mass is 19.1. The fraction of sp³-hybridized carbons (Fsp3) is 0.0667. The highest BCUT2D eigenvalue weighted by Crippen LogP contribution is 2.22. The highest BCUT2D eigenvalue weighted by Gasteiger charge is 2.13. The van der Waals surface area contributed by atoms with Crippen LogP contribution in [0.4, 0.5) is 10.1 Å². The molecule has 0 atom stereocenters. The van der Waals surface area contributed by atoms with E-state index < -0.39 is 11.7 Å². The van der Waals surface area contributed by atoms with E-state index in [2.05, 4.69) is 5.32 Å². The third-order valence-corrected chi connectivity index (χ3v) is 2.75. The van der Waals surface area contributed by atoms with Crippen molar-refractivity contribution in [2.45, 2.75) is 6.92 Å². The van der Waals surface area contributed by atoms with Crippen molar-refractivity contribution in [3.8, 4) is 11.8 Å². The summed E-state index contributed by atoms with van der Waals surface area (Å²) in [5, 5.41) is 21.1. The number of carbonyl (C=O) groups is 1. The quantitative estimate of drug-likeness (QED) is 0.881. The number of aryl methyl sites for hydroxylation is 1. The van der Waals surface area contributed by atoms with E-state index in [-0.39, 0.29) is 22.6 Å². The number of amides is 1. The lowest BCUT2D eigenvalue weighted by Gasteiger charge is -2.08. The SMILES string of the molecule is Cc1ccc(C(=O)Nc2ccc(F)cc2C#N)c(O)c1. The maximum atomic E-state index is 13.0. The number of nitriles is 1. The average molecular weight is 270 g/mol. The number of carbonyl (C=O) groups excluding carboxylic acids is 1. The Kier molecular flexibility index (Phi) is 3.67. The third kappa shape index (κ3) is 2.75. The Hall–Kier alpha value is -2.87. The number of benzene rings is 2. The van der Waals surface area contributed by atoms with Crippen molar-refractivity contribution in [3.63, 3.8) is 0 Å². The van der Waals surface area contributed by atoms with Crippen molar-refractivity contribution in [2.24, 2.45) is 0 Å². The Bertz CT molecular complexity index is 720. The van der Waals surface area contributed by atoms with Gasteiger partial charge < -0.3 is 10.4 Å². The number of nitrogens with one attached hydrogen (secondary N) is 1. The van der Waals surface area contributed by atoms with Gasteiger partial charge >= 0.3 is 0 Å².